The fraction of sp³-hybridized carbons (Fsp3) is 0.364. The van der Waals surface area contributed by atoms with Gasteiger partial charge in [-0.3, -0.25) is 9.48 Å². The molecule has 5 rings (SSSR count). The monoisotopic (exact) mass is 388 g/mol. The van der Waals surface area contributed by atoms with Gasteiger partial charge in [0.2, 0.25) is 0 Å². The zero-order chi connectivity index (χ0) is 19.6. The minimum absolute atomic E-state index is 0.0551. The molecular formula is C22H24N6O. The molecule has 7 heteroatoms. The van der Waals surface area contributed by atoms with Crippen LogP contribution in [0.25, 0.3) is 0 Å². The molecular weight excluding hydrogens is 364 g/mol. The molecule has 3 aromatic rings. The predicted octanol–water partition coefficient (Wildman–Crippen LogP) is 2.34. The first-order valence-electron chi connectivity index (χ1n) is 10.2. The molecule has 2 aliphatic heterocycles. The summed E-state index contributed by atoms with van der Waals surface area (Å²) in [6.45, 7) is 2.94. The van der Waals surface area contributed by atoms with Crippen molar-refractivity contribution in [3.05, 3.63) is 77.1 Å². The number of amides is 1. The maximum atomic E-state index is 13.1. The van der Waals surface area contributed by atoms with E-state index in [1.165, 1.54) is 6.42 Å². The van der Waals surface area contributed by atoms with Gasteiger partial charge in [0.05, 0.1) is 18.3 Å². The van der Waals surface area contributed by atoms with Crippen molar-refractivity contribution in [1.82, 2.24) is 30.0 Å². The highest BCUT2D eigenvalue weighted by Crippen LogP contribution is 2.24. The van der Waals surface area contributed by atoms with Crippen molar-refractivity contribution in [3.8, 4) is 0 Å². The van der Waals surface area contributed by atoms with E-state index in [4.69, 9.17) is 4.98 Å². The molecule has 148 valence electrons. The second-order valence-corrected chi connectivity index (χ2v) is 7.73. The van der Waals surface area contributed by atoms with Crippen molar-refractivity contribution in [1.29, 1.82) is 0 Å². The van der Waals surface area contributed by atoms with Gasteiger partial charge in [-0.25, -0.2) is 9.97 Å². The zero-order valence-electron chi connectivity index (χ0n) is 16.3. The lowest BCUT2D eigenvalue weighted by Crippen LogP contribution is -2.36. The summed E-state index contributed by atoms with van der Waals surface area (Å²) in [5, 5.41) is 7.69. The number of nitrogens with one attached hydrogen (secondary N) is 1. The molecule has 2 aliphatic rings. The van der Waals surface area contributed by atoms with E-state index in [-0.39, 0.29) is 11.9 Å². The molecule has 0 bridgehead atoms. The summed E-state index contributed by atoms with van der Waals surface area (Å²) in [6.07, 6.45) is 8.63. The lowest BCUT2D eigenvalue weighted by atomic mass is 10.0. The van der Waals surface area contributed by atoms with Gasteiger partial charge in [-0.1, -0.05) is 12.1 Å². The molecule has 0 saturated carbocycles. The second kappa shape index (κ2) is 7.75. The van der Waals surface area contributed by atoms with Gasteiger partial charge in [0.15, 0.2) is 0 Å². The number of hydrogen-bond donors (Lipinski definition) is 1. The zero-order valence-corrected chi connectivity index (χ0v) is 16.3. The summed E-state index contributed by atoms with van der Waals surface area (Å²) in [5.74, 6) is 0.951. The lowest BCUT2D eigenvalue weighted by molar-refractivity contribution is 0.0733. The van der Waals surface area contributed by atoms with Crippen molar-refractivity contribution in [2.24, 2.45) is 0 Å². The van der Waals surface area contributed by atoms with Gasteiger partial charge < -0.3 is 10.2 Å². The molecule has 29 heavy (non-hydrogen) atoms. The number of fused-ring (bicyclic) bond motifs is 1. The van der Waals surface area contributed by atoms with Crippen molar-refractivity contribution in [3.63, 3.8) is 0 Å². The molecule has 0 spiro atoms. The summed E-state index contributed by atoms with van der Waals surface area (Å²) >= 11 is 0. The third-order valence-electron chi connectivity index (χ3n) is 5.69. The van der Waals surface area contributed by atoms with Gasteiger partial charge in [0.1, 0.15) is 5.82 Å². The highest BCUT2D eigenvalue weighted by atomic mass is 16.2. The molecule has 1 amide bonds. The molecule has 1 saturated heterocycles. The summed E-state index contributed by atoms with van der Waals surface area (Å²) < 4.78 is 1.86. The molecule has 1 aromatic carbocycles. The molecule has 1 atom stereocenters. The van der Waals surface area contributed by atoms with Crippen LogP contribution in [0.3, 0.4) is 0 Å². The van der Waals surface area contributed by atoms with Crippen molar-refractivity contribution >= 4 is 5.91 Å². The van der Waals surface area contributed by atoms with E-state index in [9.17, 15) is 4.79 Å². The normalized spacial score (nSPS) is 18.6. The van der Waals surface area contributed by atoms with Crippen molar-refractivity contribution in [2.45, 2.75) is 38.4 Å². The van der Waals surface area contributed by atoms with Gasteiger partial charge in [-0.05, 0) is 43.1 Å². The fourth-order valence-electron chi connectivity index (χ4n) is 4.14. The first-order valence-corrected chi connectivity index (χ1v) is 10.2. The average Bonchev–Trinajstić information content (AvgIpc) is 3.47. The predicted molar refractivity (Wildman–Crippen MR) is 108 cm³/mol. The number of carbonyl (C=O) groups excluding carboxylic acids is 1. The van der Waals surface area contributed by atoms with Gasteiger partial charge in [0.25, 0.3) is 5.91 Å². The number of benzene rings is 1. The Morgan fingerprint density at radius 2 is 2.24 bits per heavy atom. The first kappa shape index (κ1) is 18.0. The number of carbonyl (C=O) groups is 1. The summed E-state index contributed by atoms with van der Waals surface area (Å²) in [6, 6.07) is 9.99. The Morgan fingerprint density at radius 3 is 3.07 bits per heavy atom. The van der Waals surface area contributed by atoms with E-state index in [0.717, 1.165) is 42.0 Å². The minimum Gasteiger partial charge on any atom is -0.334 e. The molecule has 0 aliphatic carbocycles. The lowest BCUT2D eigenvalue weighted by Gasteiger charge is -2.28. The van der Waals surface area contributed by atoms with Gasteiger partial charge in [0, 0.05) is 49.2 Å². The van der Waals surface area contributed by atoms with Crippen LogP contribution in [0.2, 0.25) is 0 Å². The van der Waals surface area contributed by atoms with E-state index in [0.29, 0.717) is 25.2 Å². The number of hydrogen-bond acceptors (Lipinski definition) is 5. The van der Waals surface area contributed by atoms with Crippen LogP contribution in [0.15, 0.2) is 48.9 Å². The maximum Gasteiger partial charge on any atom is 0.254 e. The number of nitrogens with zero attached hydrogens (tertiary/aromatic N) is 5. The minimum atomic E-state index is 0.0551. The fourth-order valence-corrected chi connectivity index (χ4v) is 4.14. The topological polar surface area (TPSA) is 75.9 Å². The standard InChI is InChI=1S/C22H24N6O/c29-22(17-5-1-4-16(12-17)14-28-10-3-9-25-28)27-11-7-19-18(15-27)13-24-21(26-19)20-6-2-8-23-20/h1,3-5,9-10,12-13,20,23H,2,6-8,11,14-15H2. The summed E-state index contributed by atoms with van der Waals surface area (Å²) in [5.41, 5.74) is 3.92. The van der Waals surface area contributed by atoms with Crippen molar-refractivity contribution in [2.75, 3.05) is 13.1 Å². The van der Waals surface area contributed by atoms with E-state index in [2.05, 4.69) is 15.4 Å². The molecule has 4 heterocycles. The smallest absolute Gasteiger partial charge is 0.254 e. The van der Waals surface area contributed by atoms with Crippen LogP contribution >= 0.6 is 0 Å². The van der Waals surface area contributed by atoms with Crippen LogP contribution in [0.4, 0.5) is 0 Å². The Morgan fingerprint density at radius 1 is 1.28 bits per heavy atom. The molecule has 1 unspecified atom stereocenters. The van der Waals surface area contributed by atoms with Crippen LogP contribution in [-0.4, -0.2) is 43.6 Å². The Hall–Kier alpha value is -3.06. The molecule has 1 fully saturated rings. The number of aromatic nitrogens is 4. The van der Waals surface area contributed by atoms with Gasteiger partial charge in [-0.15, -0.1) is 0 Å². The highest BCUT2D eigenvalue weighted by molar-refractivity contribution is 5.94. The van der Waals surface area contributed by atoms with Crippen LogP contribution in [-0.2, 0) is 19.5 Å². The third-order valence-corrected chi connectivity index (χ3v) is 5.69. The van der Waals surface area contributed by atoms with Crippen molar-refractivity contribution < 1.29 is 4.79 Å². The SMILES string of the molecule is O=C(c1cccc(Cn2cccn2)c1)N1CCc2nc(C3CCCN3)ncc2C1. The molecule has 1 N–H and O–H groups in total. The Labute approximate surface area is 169 Å². The largest absolute Gasteiger partial charge is 0.334 e. The Kier molecular flexibility index (Phi) is 4.81. The average molecular weight is 388 g/mol. The second-order valence-electron chi connectivity index (χ2n) is 7.73. The summed E-state index contributed by atoms with van der Waals surface area (Å²) in [7, 11) is 0. The Balaban J connectivity index is 1.30. The quantitative estimate of drug-likeness (QED) is 0.743. The maximum absolute atomic E-state index is 13.1. The van der Waals surface area contributed by atoms with Crippen LogP contribution < -0.4 is 5.32 Å². The van der Waals surface area contributed by atoms with Gasteiger partial charge in [-0.2, -0.15) is 5.10 Å². The highest BCUT2D eigenvalue weighted by Gasteiger charge is 2.25. The summed E-state index contributed by atoms with van der Waals surface area (Å²) in [4.78, 5) is 24.4. The van der Waals surface area contributed by atoms with E-state index < -0.39 is 0 Å². The van der Waals surface area contributed by atoms with E-state index in [1.807, 2.05) is 52.3 Å². The third kappa shape index (κ3) is 3.78. The number of rotatable bonds is 4. The van der Waals surface area contributed by atoms with E-state index in [1.54, 1.807) is 6.20 Å². The molecule has 0 radical (unpaired) electrons. The van der Waals surface area contributed by atoms with E-state index >= 15 is 0 Å². The molecule has 2 aromatic heterocycles. The van der Waals surface area contributed by atoms with Crippen LogP contribution in [0.5, 0.6) is 0 Å². The van der Waals surface area contributed by atoms with Gasteiger partial charge >= 0.3 is 0 Å². The van der Waals surface area contributed by atoms with Crippen LogP contribution in [0.1, 0.15) is 51.9 Å². The first-order chi connectivity index (χ1) is 14.3. The molecule has 7 nitrogen and oxygen atoms in total. The Bertz CT molecular complexity index is 1010. The van der Waals surface area contributed by atoms with Crippen LogP contribution in [0, 0.1) is 0 Å².